The van der Waals surface area contributed by atoms with Crippen LogP contribution in [0, 0.1) is 0 Å². The van der Waals surface area contributed by atoms with Crippen LogP contribution < -0.4 is 14.9 Å². The van der Waals surface area contributed by atoms with Gasteiger partial charge in [-0.1, -0.05) is 0 Å². The first kappa shape index (κ1) is 30.0. The standard InChI is InChI=1S/C27H30O15/c1-37-16-7-13(31)18-12(30)6-15(10-2-4-11(29)5-3-10)39-24(18)23(16)41-27-25(21(35)20(34)17(8-28)40-27)42-26-22(36)19(33)14(32)9-38-26/h2-7,14,17,19-22,25-29,31-36H,8-9H2,1H3/t14-,17+,19-,20+,21-,22+,25+,26+,27-/m0/s1. The van der Waals surface area contributed by atoms with E-state index in [9.17, 15) is 45.6 Å². The maximum absolute atomic E-state index is 13.1. The number of aliphatic hydroxyl groups is 6. The highest BCUT2D eigenvalue weighted by Crippen LogP contribution is 2.43. The molecule has 15 heteroatoms. The van der Waals surface area contributed by atoms with Gasteiger partial charge in [-0.3, -0.25) is 4.79 Å². The Hall–Kier alpha value is -3.51. The summed E-state index contributed by atoms with van der Waals surface area (Å²) >= 11 is 0. The number of aromatic hydroxyl groups is 2. The minimum atomic E-state index is -1.81. The van der Waals surface area contributed by atoms with Crippen LogP contribution in [-0.2, 0) is 14.2 Å². The number of rotatable bonds is 7. The SMILES string of the molecule is COc1cc(O)c2c(=O)cc(-c3ccc(O)cc3)oc2c1O[C@@H]1O[C@H](CO)[C@@H](O)[C@H](O)[C@H]1O[C@H]1OC[C@H](O)[C@H](O)[C@H]1O. The summed E-state index contributed by atoms with van der Waals surface area (Å²) in [6, 6.07) is 7.91. The van der Waals surface area contributed by atoms with Gasteiger partial charge in [0.15, 0.2) is 29.2 Å². The van der Waals surface area contributed by atoms with Crippen molar-refractivity contribution < 1.29 is 69.0 Å². The first-order valence-corrected chi connectivity index (χ1v) is 12.8. The Morgan fingerprint density at radius 3 is 2.31 bits per heavy atom. The van der Waals surface area contributed by atoms with Gasteiger partial charge >= 0.3 is 0 Å². The van der Waals surface area contributed by atoms with E-state index in [1.54, 1.807) is 0 Å². The molecule has 2 aliphatic rings. The van der Waals surface area contributed by atoms with E-state index in [1.165, 1.54) is 31.4 Å². The third-order valence-corrected chi connectivity index (χ3v) is 7.08. The molecule has 3 aromatic rings. The Balaban J connectivity index is 1.59. The average molecular weight is 595 g/mol. The maximum atomic E-state index is 13.1. The lowest BCUT2D eigenvalue weighted by Crippen LogP contribution is -2.63. The van der Waals surface area contributed by atoms with Gasteiger partial charge in [0, 0.05) is 17.7 Å². The highest BCUT2D eigenvalue weighted by molar-refractivity contribution is 5.91. The summed E-state index contributed by atoms with van der Waals surface area (Å²) in [6.45, 7) is -1.19. The summed E-state index contributed by atoms with van der Waals surface area (Å²) in [5, 5.41) is 81.3. The molecule has 8 N–H and O–H groups in total. The average Bonchev–Trinajstić information content (AvgIpc) is 2.97. The van der Waals surface area contributed by atoms with E-state index < -0.39 is 79.7 Å². The molecule has 9 atom stereocenters. The van der Waals surface area contributed by atoms with E-state index in [2.05, 4.69) is 0 Å². The first-order chi connectivity index (χ1) is 20.0. The van der Waals surface area contributed by atoms with E-state index in [1.807, 2.05) is 0 Å². The van der Waals surface area contributed by atoms with Gasteiger partial charge in [0.05, 0.1) is 20.3 Å². The summed E-state index contributed by atoms with van der Waals surface area (Å²) in [5.74, 6) is -0.965. The highest BCUT2D eigenvalue weighted by Gasteiger charge is 2.50. The molecular formula is C27H30O15. The zero-order valence-corrected chi connectivity index (χ0v) is 22.0. The number of hydrogen-bond acceptors (Lipinski definition) is 15. The minimum Gasteiger partial charge on any atom is -0.508 e. The van der Waals surface area contributed by atoms with Crippen molar-refractivity contribution in [3.63, 3.8) is 0 Å². The molecule has 1 aromatic heterocycles. The zero-order chi connectivity index (χ0) is 30.3. The number of phenols is 2. The summed E-state index contributed by atoms with van der Waals surface area (Å²) in [7, 11) is 1.24. The Morgan fingerprint density at radius 2 is 1.64 bits per heavy atom. The van der Waals surface area contributed by atoms with Crippen molar-refractivity contribution in [3.8, 4) is 34.3 Å². The number of fused-ring (bicyclic) bond motifs is 1. The molecule has 15 nitrogen and oxygen atoms in total. The number of hydrogen-bond donors (Lipinski definition) is 8. The molecule has 42 heavy (non-hydrogen) atoms. The second kappa shape index (κ2) is 12.0. The van der Waals surface area contributed by atoms with Crippen molar-refractivity contribution in [2.24, 2.45) is 0 Å². The van der Waals surface area contributed by atoms with Crippen LogP contribution in [0.25, 0.3) is 22.3 Å². The Labute approximate surface area is 236 Å². The third kappa shape index (κ3) is 5.49. The molecule has 0 radical (unpaired) electrons. The maximum Gasteiger partial charge on any atom is 0.230 e. The lowest BCUT2D eigenvalue weighted by molar-refractivity contribution is -0.344. The topological polar surface area (TPSA) is 238 Å². The van der Waals surface area contributed by atoms with Crippen LogP contribution in [0.15, 0.2) is 45.6 Å². The van der Waals surface area contributed by atoms with Crippen molar-refractivity contribution >= 4 is 11.0 Å². The fourth-order valence-electron chi connectivity index (χ4n) is 4.77. The van der Waals surface area contributed by atoms with Gasteiger partial charge in [-0.15, -0.1) is 0 Å². The second-order valence-electron chi connectivity index (χ2n) is 9.83. The van der Waals surface area contributed by atoms with Crippen LogP contribution in [0.5, 0.6) is 23.0 Å². The van der Waals surface area contributed by atoms with E-state index >= 15 is 0 Å². The molecule has 228 valence electrons. The molecule has 3 heterocycles. The van der Waals surface area contributed by atoms with Crippen LogP contribution in [0.3, 0.4) is 0 Å². The van der Waals surface area contributed by atoms with Crippen LogP contribution in [0.2, 0.25) is 0 Å². The highest BCUT2D eigenvalue weighted by atomic mass is 16.8. The monoisotopic (exact) mass is 594 g/mol. The third-order valence-electron chi connectivity index (χ3n) is 7.08. The molecule has 0 bridgehead atoms. The van der Waals surface area contributed by atoms with E-state index in [0.29, 0.717) is 5.56 Å². The molecule has 0 aliphatic carbocycles. The minimum absolute atomic E-state index is 0.0253. The summed E-state index contributed by atoms with van der Waals surface area (Å²) in [6.07, 6.45) is -14.7. The quantitative estimate of drug-likeness (QED) is 0.156. The lowest BCUT2D eigenvalue weighted by atomic mass is 9.98. The van der Waals surface area contributed by atoms with Gasteiger partial charge in [0.1, 0.15) is 59.3 Å². The van der Waals surface area contributed by atoms with Crippen LogP contribution in [0.4, 0.5) is 0 Å². The van der Waals surface area contributed by atoms with Crippen LogP contribution in [-0.4, -0.2) is 116 Å². The number of ether oxygens (including phenoxy) is 5. The predicted molar refractivity (Wildman–Crippen MR) is 139 cm³/mol. The normalized spacial score (nSPS) is 31.6. The number of benzene rings is 2. The molecule has 2 saturated heterocycles. The van der Waals surface area contributed by atoms with Crippen molar-refractivity contribution in [3.05, 3.63) is 46.6 Å². The predicted octanol–water partition coefficient (Wildman–Crippen LogP) is -1.48. The van der Waals surface area contributed by atoms with Crippen molar-refractivity contribution in [1.29, 1.82) is 0 Å². The first-order valence-electron chi connectivity index (χ1n) is 12.8. The summed E-state index contributed by atoms with van der Waals surface area (Å²) in [5.41, 5.74) is -0.589. The largest absolute Gasteiger partial charge is 0.508 e. The Morgan fingerprint density at radius 1 is 0.929 bits per heavy atom. The fraction of sp³-hybridized carbons (Fsp3) is 0.444. The smallest absolute Gasteiger partial charge is 0.230 e. The molecule has 2 aromatic carbocycles. The Kier molecular flexibility index (Phi) is 8.56. The molecule has 2 fully saturated rings. The second-order valence-corrected chi connectivity index (χ2v) is 9.83. The molecule has 2 aliphatic heterocycles. The van der Waals surface area contributed by atoms with E-state index in [4.69, 9.17) is 28.1 Å². The van der Waals surface area contributed by atoms with Gasteiger partial charge in [-0.05, 0) is 24.3 Å². The fourth-order valence-corrected chi connectivity index (χ4v) is 4.77. The molecule has 5 rings (SSSR count). The molecule has 0 unspecified atom stereocenters. The van der Waals surface area contributed by atoms with Gasteiger partial charge in [-0.2, -0.15) is 0 Å². The van der Waals surface area contributed by atoms with Crippen molar-refractivity contribution in [2.75, 3.05) is 20.3 Å². The van der Waals surface area contributed by atoms with E-state index in [0.717, 1.165) is 12.1 Å². The van der Waals surface area contributed by atoms with E-state index in [-0.39, 0.29) is 34.0 Å². The van der Waals surface area contributed by atoms with Gasteiger partial charge in [0.2, 0.25) is 12.0 Å². The molecule has 0 saturated carbocycles. The van der Waals surface area contributed by atoms with Gasteiger partial charge < -0.3 is 69.0 Å². The molecule has 0 amide bonds. The number of aliphatic hydroxyl groups excluding tert-OH is 6. The zero-order valence-electron chi connectivity index (χ0n) is 22.0. The summed E-state index contributed by atoms with van der Waals surface area (Å²) < 4.78 is 33.9. The van der Waals surface area contributed by atoms with Crippen LogP contribution in [0.1, 0.15) is 0 Å². The van der Waals surface area contributed by atoms with Gasteiger partial charge in [0.25, 0.3) is 0 Å². The summed E-state index contributed by atoms with van der Waals surface area (Å²) in [4.78, 5) is 13.1. The molecular weight excluding hydrogens is 564 g/mol. The molecule has 0 spiro atoms. The van der Waals surface area contributed by atoms with Crippen molar-refractivity contribution in [1.82, 2.24) is 0 Å². The van der Waals surface area contributed by atoms with Gasteiger partial charge in [-0.25, -0.2) is 0 Å². The lowest BCUT2D eigenvalue weighted by Gasteiger charge is -2.44. The Bertz CT molecular complexity index is 1460. The number of methoxy groups -OCH3 is 1. The number of phenolic OH excluding ortho intramolecular Hbond substituents is 2. The van der Waals surface area contributed by atoms with Crippen LogP contribution >= 0.6 is 0 Å². The van der Waals surface area contributed by atoms with Crippen molar-refractivity contribution in [2.45, 2.75) is 55.3 Å².